The molecule has 0 amide bonds. The van der Waals surface area contributed by atoms with Crippen molar-refractivity contribution in [1.82, 2.24) is 20.0 Å². The smallest absolute Gasteiger partial charge is 0.244 e. The predicted octanol–water partition coefficient (Wildman–Crippen LogP) is 3.79. The number of aromatic nitrogens is 4. The first-order chi connectivity index (χ1) is 14.7. The van der Waals surface area contributed by atoms with E-state index in [1.807, 2.05) is 78.5 Å². The van der Waals surface area contributed by atoms with Crippen LogP contribution < -0.4 is 10.5 Å². The van der Waals surface area contributed by atoms with Crippen molar-refractivity contribution in [3.8, 4) is 28.9 Å². The molecule has 2 aromatic carbocycles. The molecule has 0 spiro atoms. The van der Waals surface area contributed by atoms with Gasteiger partial charge in [-0.25, -0.2) is 4.68 Å². The van der Waals surface area contributed by atoms with E-state index in [1.54, 1.807) is 0 Å². The fraction of sp³-hybridized carbons (Fsp3) is 0.0870. The minimum absolute atomic E-state index is 0.0629. The van der Waals surface area contributed by atoms with Crippen LogP contribution in [0.3, 0.4) is 0 Å². The summed E-state index contributed by atoms with van der Waals surface area (Å²) in [5.74, 6) is 0.0126. The second kappa shape index (κ2) is 6.94. The van der Waals surface area contributed by atoms with Gasteiger partial charge in [-0.3, -0.25) is 5.10 Å². The van der Waals surface area contributed by atoms with Gasteiger partial charge in [-0.05, 0) is 19.1 Å². The lowest BCUT2D eigenvalue weighted by Gasteiger charge is -2.23. The molecule has 1 aliphatic rings. The summed E-state index contributed by atoms with van der Waals surface area (Å²) >= 11 is 0. The average Bonchev–Trinajstić information content (AvgIpc) is 3.38. The molecule has 2 aromatic heterocycles. The fourth-order valence-corrected chi connectivity index (χ4v) is 3.84. The lowest BCUT2D eigenvalue weighted by atomic mass is 9.83. The minimum Gasteiger partial charge on any atom is -0.420 e. The number of rotatable bonds is 3. The van der Waals surface area contributed by atoms with Crippen molar-refractivity contribution in [1.29, 1.82) is 5.26 Å². The zero-order valence-corrected chi connectivity index (χ0v) is 16.2. The number of H-pyrrole nitrogens is 1. The maximum atomic E-state index is 9.91. The highest BCUT2D eigenvalue weighted by Gasteiger charge is 2.37. The number of hydrogen-bond acceptors (Lipinski definition) is 5. The molecular weight excluding hydrogens is 376 g/mol. The Morgan fingerprint density at radius 3 is 2.50 bits per heavy atom. The van der Waals surface area contributed by atoms with Crippen molar-refractivity contribution in [3.05, 3.63) is 95.1 Å². The Morgan fingerprint density at radius 2 is 1.80 bits per heavy atom. The Bertz CT molecular complexity index is 1290. The number of nitriles is 1. The number of aryl methyl sites for hydroxylation is 1. The Balaban J connectivity index is 1.79. The van der Waals surface area contributed by atoms with Crippen molar-refractivity contribution in [2.24, 2.45) is 5.73 Å². The molecule has 4 aromatic rings. The van der Waals surface area contributed by atoms with Crippen molar-refractivity contribution in [3.63, 3.8) is 0 Å². The third-order valence-corrected chi connectivity index (χ3v) is 5.25. The zero-order valence-electron chi connectivity index (χ0n) is 16.2. The average molecular weight is 394 g/mol. The Labute approximate surface area is 173 Å². The molecule has 7 heteroatoms. The minimum atomic E-state index is -0.440. The molecule has 1 atom stereocenters. The van der Waals surface area contributed by atoms with Crippen LogP contribution in [0.4, 0.5) is 0 Å². The monoisotopic (exact) mass is 394 g/mol. The summed E-state index contributed by atoms with van der Waals surface area (Å²) in [6.07, 6.45) is 1.95. The predicted molar refractivity (Wildman–Crippen MR) is 112 cm³/mol. The van der Waals surface area contributed by atoms with E-state index in [9.17, 15) is 5.26 Å². The topological polar surface area (TPSA) is 106 Å². The molecule has 0 saturated carbocycles. The van der Waals surface area contributed by atoms with E-state index in [1.165, 1.54) is 0 Å². The molecule has 0 bridgehead atoms. The maximum Gasteiger partial charge on any atom is 0.244 e. The number of aromatic amines is 1. The van der Waals surface area contributed by atoms with Gasteiger partial charge in [0, 0.05) is 28.6 Å². The summed E-state index contributed by atoms with van der Waals surface area (Å²) in [6.45, 7) is 1.91. The summed E-state index contributed by atoms with van der Waals surface area (Å²) in [5.41, 5.74) is 11.6. The van der Waals surface area contributed by atoms with E-state index in [-0.39, 0.29) is 5.88 Å². The molecule has 3 heterocycles. The maximum absolute atomic E-state index is 9.91. The van der Waals surface area contributed by atoms with Crippen LogP contribution in [0.25, 0.3) is 16.9 Å². The zero-order chi connectivity index (χ0) is 20.7. The molecule has 0 radical (unpaired) electrons. The Hall–Kier alpha value is -4.31. The standard InChI is InChI=1S/C23H18N6O/c1-14-19-20(17(12-24)22(25)30-23(19)27-26-14)18-13-29(16-10-6-3-7-11-16)28-21(18)15-8-4-2-5-9-15/h2-11,13,20H,25H2,1H3,(H,26,27). The van der Waals surface area contributed by atoms with Gasteiger partial charge in [0.2, 0.25) is 11.8 Å². The van der Waals surface area contributed by atoms with E-state index in [0.29, 0.717) is 11.5 Å². The van der Waals surface area contributed by atoms with Gasteiger partial charge in [-0.2, -0.15) is 10.4 Å². The lowest BCUT2D eigenvalue weighted by Crippen LogP contribution is -2.21. The van der Waals surface area contributed by atoms with Gasteiger partial charge in [-0.1, -0.05) is 48.5 Å². The summed E-state index contributed by atoms with van der Waals surface area (Å²) in [6, 6.07) is 22.0. The number of benzene rings is 2. The molecule has 3 N–H and O–H groups in total. The molecule has 0 saturated heterocycles. The van der Waals surface area contributed by atoms with E-state index >= 15 is 0 Å². The second-order valence-corrected chi connectivity index (χ2v) is 7.07. The lowest BCUT2D eigenvalue weighted by molar-refractivity contribution is 0.379. The molecular formula is C23H18N6O. The fourth-order valence-electron chi connectivity index (χ4n) is 3.84. The molecule has 5 rings (SSSR count). The van der Waals surface area contributed by atoms with Crippen LogP contribution in [0, 0.1) is 18.3 Å². The quantitative estimate of drug-likeness (QED) is 0.550. The molecule has 0 fully saturated rings. The van der Waals surface area contributed by atoms with Crippen LogP contribution in [-0.4, -0.2) is 20.0 Å². The third kappa shape index (κ3) is 2.74. The Kier molecular flexibility index (Phi) is 4.11. The molecule has 1 aliphatic heterocycles. The summed E-state index contributed by atoms with van der Waals surface area (Å²) in [5, 5.41) is 22.0. The van der Waals surface area contributed by atoms with Crippen LogP contribution in [-0.2, 0) is 0 Å². The van der Waals surface area contributed by atoms with Crippen LogP contribution in [0.5, 0.6) is 5.88 Å². The van der Waals surface area contributed by atoms with Gasteiger partial charge in [0.05, 0.1) is 17.3 Å². The van der Waals surface area contributed by atoms with E-state index < -0.39 is 5.92 Å². The third-order valence-electron chi connectivity index (χ3n) is 5.25. The highest BCUT2D eigenvalue weighted by molar-refractivity contribution is 5.68. The van der Waals surface area contributed by atoms with Crippen LogP contribution in [0.2, 0.25) is 0 Å². The number of allylic oxidation sites excluding steroid dienone is 1. The molecule has 146 valence electrons. The summed E-state index contributed by atoms with van der Waals surface area (Å²) in [4.78, 5) is 0. The Morgan fingerprint density at radius 1 is 1.10 bits per heavy atom. The van der Waals surface area contributed by atoms with Crippen LogP contribution in [0.1, 0.15) is 22.7 Å². The van der Waals surface area contributed by atoms with Crippen molar-refractivity contribution in [2.75, 3.05) is 0 Å². The first-order valence-electron chi connectivity index (χ1n) is 9.50. The summed E-state index contributed by atoms with van der Waals surface area (Å²) in [7, 11) is 0. The first-order valence-corrected chi connectivity index (χ1v) is 9.50. The number of para-hydroxylation sites is 1. The normalized spacial score (nSPS) is 15.4. The van der Waals surface area contributed by atoms with Gasteiger partial charge in [0.1, 0.15) is 11.6 Å². The first kappa shape index (κ1) is 17.8. The van der Waals surface area contributed by atoms with E-state index in [4.69, 9.17) is 15.6 Å². The highest BCUT2D eigenvalue weighted by Crippen LogP contribution is 2.45. The van der Waals surface area contributed by atoms with Gasteiger partial charge >= 0.3 is 0 Å². The van der Waals surface area contributed by atoms with Gasteiger partial charge < -0.3 is 10.5 Å². The van der Waals surface area contributed by atoms with E-state index in [2.05, 4.69) is 16.3 Å². The number of nitrogens with two attached hydrogens (primary N) is 1. The van der Waals surface area contributed by atoms with Crippen molar-refractivity contribution >= 4 is 0 Å². The number of nitrogens with one attached hydrogen (secondary N) is 1. The van der Waals surface area contributed by atoms with Crippen molar-refractivity contribution in [2.45, 2.75) is 12.8 Å². The number of fused-ring (bicyclic) bond motifs is 1. The molecule has 7 nitrogen and oxygen atoms in total. The number of hydrogen-bond donors (Lipinski definition) is 2. The largest absolute Gasteiger partial charge is 0.420 e. The summed E-state index contributed by atoms with van der Waals surface area (Å²) < 4.78 is 7.44. The highest BCUT2D eigenvalue weighted by atomic mass is 16.5. The molecule has 30 heavy (non-hydrogen) atoms. The van der Waals surface area contributed by atoms with E-state index in [0.717, 1.165) is 33.8 Å². The molecule has 0 aliphatic carbocycles. The van der Waals surface area contributed by atoms with Gasteiger partial charge in [-0.15, -0.1) is 5.10 Å². The number of nitrogens with zero attached hydrogens (tertiary/aromatic N) is 4. The molecule has 1 unspecified atom stereocenters. The van der Waals surface area contributed by atoms with Crippen LogP contribution in [0.15, 0.2) is 78.3 Å². The number of ether oxygens (including phenoxy) is 1. The van der Waals surface area contributed by atoms with Gasteiger partial charge in [0.15, 0.2) is 0 Å². The van der Waals surface area contributed by atoms with Crippen molar-refractivity contribution < 1.29 is 4.74 Å². The van der Waals surface area contributed by atoms with Gasteiger partial charge in [0.25, 0.3) is 0 Å². The SMILES string of the molecule is Cc1[nH]nc2c1C(c1cn(-c3ccccc3)nc1-c1ccccc1)C(C#N)=C(N)O2. The second-order valence-electron chi connectivity index (χ2n) is 7.07. The van der Waals surface area contributed by atoms with Crippen LogP contribution >= 0.6 is 0 Å².